The number of anilines is 1. The van der Waals surface area contributed by atoms with Gasteiger partial charge in [0.2, 0.25) is 0 Å². The molecule has 0 amide bonds. The number of ether oxygens (including phenoxy) is 1. The molecule has 2 aromatic carbocycles. The van der Waals surface area contributed by atoms with Gasteiger partial charge >= 0.3 is 0 Å². The molecule has 32 heavy (non-hydrogen) atoms. The number of methoxy groups -OCH3 is 1. The predicted octanol–water partition coefficient (Wildman–Crippen LogP) is 4.76. The van der Waals surface area contributed by atoms with E-state index in [1.165, 1.54) is 0 Å². The second-order valence-electron chi connectivity index (χ2n) is 7.49. The van der Waals surface area contributed by atoms with Gasteiger partial charge in [0.05, 0.1) is 24.5 Å². The molecular weight excluding hydrogens is 420 g/mol. The molecule has 1 saturated heterocycles. The van der Waals surface area contributed by atoms with Crippen LogP contribution in [0.15, 0.2) is 91.3 Å². The molecule has 3 heterocycles. The minimum atomic E-state index is -0.179. The highest BCUT2D eigenvalue weighted by atomic mass is 32.1. The van der Waals surface area contributed by atoms with Gasteiger partial charge in [-0.3, -0.25) is 4.98 Å². The normalized spacial score (nSPS) is 17.9. The van der Waals surface area contributed by atoms with Crippen LogP contribution in [0.2, 0.25) is 0 Å². The lowest BCUT2D eigenvalue weighted by Crippen LogP contribution is -2.30. The van der Waals surface area contributed by atoms with Gasteiger partial charge < -0.3 is 24.6 Å². The Hall–Kier alpha value is -3.84. The summed E-state index contributed by atoms with van der Waals surface area (Å²) in [6, 6.07) is 24.7. The van der Waals surface area contributed by atoms with E-state index in [4.69, 9.17) is 17.0 Å². The first-order valence-electron chi connectivity index (χ1n) is 10.3. The minimum Gasteiger partial charge on any atom is -0.508 e. The lowest BCUT2D eigenvalue weighted by atomic mass is 10.0. The van der Waals surface area contributed by atoms with Crippen molar-refractivity contribution in [1.82, 2.24) is 14.9 Å². The summed E-state index contributed by atoms with van der Waals surface area (Å²) in [6.45, 7) is 0. The summed E-state index contributed by atoms with van der Waals surface area (Å²) in [4.78, 5) is 6.69. The van der Waals surface area contributed by atoms with Crippen molar-refractivity contribution >= 4 is 23.0 Å². The number of hydrogen-bond acceptors (Lipinski definition) is 4. The number of aromatic nitrogens is 2. The maximum absolute atomic E-state index is 9.80. The Morgan fingerprint density at radius 2 is 1.75 bits per heavy atom. The van der Waals surface area contributed by atoms with Crippen LogP contribution in [-0.2, 0) is 0 Å². The van der Waals surface area contributed by atoms with Crippen LogP contribution in [0.3, 0.4) is 0 Å². The maximum atomic E-state index is 9.80. The van der Waals surface area contributed by atoms with Gasteiger partial charge in [-0.25, -0.2) is 0 Å². The smallest absolute Gasteiger partial charge is 0.174 e. The zero-order valence-electron chi connectivity index (χ0n) is 17.4. The number of benzene rings is 2. The Morgan fingerprint density at radius 3 is 2.50 bits per heavy atom. The summed E-state index contributed by atoms with van der Waals surface area (Å²) in [7, 11) is 1.67. The van der Waals surface area contributed by atoms with Crippen LogP contribution in [0.5, 0.6) is 11.5 Å². The quantitative estimate of drug-likeness (QED) is 0.435. The Bertz CT molecular complexity index is 1240. The molecule has 6 nitrogen and oxygen atoms in total. The topological polar surface area (TPSA) is 62.5 Å². The highest BCUT2D eigenvalue weighted by Crippen LogP contribution is 2.43. The fourth-order valence-electron chi connectivity index (χ4n) is 4.23. The summed E-state index contributed by atoms with van der Waals surface area (Å²) in [5, 5.41) is 13.9. The fourth-order valence-corrected chi connectivity index (χ4v) is 4.58. The second-order valence-corrected chi connectivity index (χ2v) is 7.87. The number of phenols is 1. The largest absolute Gasteiger partial charge is 0.508 e. The molecule has 5 rings (SSSR count). The van der Waals surface area contributed by atoms with Gasteiger partial charge in [0.1, 0.15) is 17.5 Å². The van der Waals surface area contributed by atoms with Crippen molar-refractivity contribution in [3.63, 3.8) is 0 Å². The first kappa shape index (κ1) is 20.1. The fraction of sp³-hybridized carbons (Fsp3) is 0.120. The van der Waals surface area contributed by atoms with Crippen molar-refractivity contribution in [2.45, 2.75) is 12.1 Å². The van der Waals surface area contributed by atoms with Gasteiger partial charge in [0.25, 0.3) is 0 Å². The summed E-state index contributed by atoms with van der Waals surface area (Å²) in [5.74, 6) is 0.992. The van der Waals surface area contributed by atoms with Gasteiger partial charge in [-0.2, -0.15) is 0 Å². The third-order valence-electron chi connectivity index (χ3n) is 5.65. The van der Waals surface area contributed by atoms with E-state index in [2.05, 4.69) is 25.8 Å². The molecule has 1 aliphatic heterocycles. The van der Waals surface area contributed by atoms with Gasteiger partial charge in [0, 0.05) is 23.8 Å². The second kappa shape index (κ2) is 8.36. The monoisotopic (exact) mass is 442 g/mol. The molecule has 0 radical (unpaired) electrons. The number of pyridine rings is 1. The average Bonchev–Trinajstić information content (AvgIpc) is 3.44. The van der Waals surface area contributed by atoms with Crippen LogP contribution in [0.1, 0.15) is 23.5 Å². The van der Waals surface area contributed by atoms with Crippen molar-refractivity contribution < 1.29 is 9.84 Å². The van der Waals surface area contributed by atoms with E-state index < -0.39 is 0 Å². The molecule has 1 fully saturated rings. The van der Waals surface area contributed by atoms with Crippen LogP contribution in [0, 0.1) is 0 Å². The van der Waals surface area contributed by atoms with Crippen molar-refractivity contribution in [2.24, 2.45) is 0 Å². The van der Waals surface area contributed by atoms with E-state index in [1.807, 2.05) is 66.9 Å². The number of hydrogen-bond donors (Lipinski definition) is 2. The van der Waals surface area contributed by atoms with Gasteiger partial charge in [0.15, 0.2) is 5.11 Å². The first-order valence-corrected chi connectivity index (χ1v) is 10.7. The number of thiocarbonyl (C=S) groups is 1. The predicted molar refractivity (Wildman–Crippen MR) is 128 cm³/mol. The molecule has 1 aliphatic rings. The number of para-hydroxylation sites is 2. The summed E-state index contributed by atoms with van der Waals surface area (Å²) in [5.41, 5.74) is 3.76. The van der Waals surface area contributed by atoms with Crippen molar-refractivity contribution in [2.75, 3.05) is 12.0 Å². The number of phenolic OH excluding ortho intramolecular Hbond substituents is 1. The Labute approximate surface area is 191 Å². The van der Waals surface area contributed by atoms with Crippen molar-refractivity contribution in [3.8, 4) is 17.2 Å². The van der Waals surface area contributed by atoms with Gasteiger partial charge in [-0.1, -0.05) is 18.2 Å². The number of nitrogens with one attached hydrogen (secondary N) is 1. The van der Waals surface area contributed by atoms with E-state index >= 15 is 0 Å². The van der Waals surface area contributed by atoms with Crippen LogP contribution in [0.25, 0.3) is 5.69 Å². The van der Waals surface area contributed by atoms with Crippen molar-refractivity contribution in [1.29, 1.82) is 0 Å². The number of aromatic hydroxyl groups is 1. The lowest BCUT2D eigenvalue weighted by molar-refractivity contribution is 0.412. The standard InChI is InChI=1S/C25H22N4O2S/c1-31-22-10-3-2-8-20(22)28-16-6-9-21(28)24-23(19-7-4-5-15-26-19)27-25(32)29(24)17-11-13-18(30)14-12-17/h2-16,23-24,30H,1H3,(H,27,32)/t23-,24+/m0/s1. The summed E-state index contributed by atoms with van der Waals surface area (Å²) >= 11 is 5.78. The van der Waals surface area contributed by atoms with Gasteiger partial charge in [-0.05, 0) is 72.9 Å². The van der Waals surface area contributed by atoms with E-state index in [0.29, 0.717) is 5.11 Å². The van der Waals surface area contributed by atoms with Crippen LogP contribution in [0.4, 0.5) is 5.69 Å². The number of rotatable bonds is 5. The number of nitrogens with zero attached hydrogens (tertiary/aromatic N) is 3. The molecule has 2 atom stereocenters. The van der Waals surface area contributed by atoms with E-state index in [9.17, 15) is 5.11 Å². The van der Waals surface area contributed by atoms with Crippen molar-refractivity contribution in [3.05, 3.63) is 103 Å². The highest BCUT2D eigenvalue weighted by Gasteiger charge is 2.42. The molecule has 0 spiro atoms. The Morgan fingerprint density at radius 1 is 0.969 bits per heavy atom. The van der Waals surface area contributed by atoms with Crippen LogP contribution in [-0.4, -0.2) is 26.9 Å². The minimum absolute atomic E-state index is 0.166. The molecule has 0 bridgehead atoms. The molecule has 4 aromatic rings. The molecule has 0 aliphatic carbocycles. The third-order valence-corrected chi connectivity index (χ3v) is 5.97. The highest BCUT2D eigenvalue weighted by molar-refractivity contribution is 7.80. The SMILES string of the molecule is COc1ccccc1-n1cccc1[C@@H]1[C@H](c2ccccn2)NC(=S)N1c1ccc(O)cc1. The molecule has 2 N–H and O–H groups in total. The molecule has 0 saturated carbocycles. The summed E-state index contributed by atoms with van der Waals surface area (Å²) < 4.78 is 7.76. The zero-order chi connectivity index (χ0) is 22.1. The molecule has 7 heteroatoms. The van der Waals surface area contributed by atoms with Gasteiger partial charge in [-0.15, -0.1) is 0 Å². The Kier molecular flexibility index (Phi) is 5.25. The molecule has 160 valence electrons. The summed E-state index contributed by atoms with van der Waals surface area (Å²) in [6.07, 6.45) is 3.82. The molecule has 2 aromatic heterocycles. The maximum Gasteiger partial charge on any atom is 0.174 e. The van der Waals surface area contributed by atoms with E-state index in [0.717, 1.165) is 28.5 Å². The Balaban J connectivity index is 1.68. The van der Waals surface area contributed by atoms with Crippen LogP contribution < -0.4 is 15.0 Å². The first-order chi connectivity index (χ1) is 15.7. The average molecular weight is 443 g/mol. The molecular formula is C25H22N4O2S. The zero-order valence-corrected chi connectivity index (χ0v) is 18.2. The van der Waals surface area contributed by atoms with E-state index in [1.54, 1.807) is 25.4 Å². The van der Waals surface area contributed by atoms with E-state index in [-0.39, 0.29) is 17.8 Å². The van der Waals surface area contributed by atoms with Crippen LogP contribution >= 0.6 is 12.2 Å². The molecule has 0 unspecified atom stereocenters. The third kappa shape index (κ3) is 3.46. The lowest BCUT2D eigenvalue weighted by Gasteiger charge is -2.29.